The Morgan fingerprint density at radius 3 is 2.41 bits per heavy atom. The Morgan fingerprint density at radius 2 is 2.00 bits per heavy atom. The highest BCUT2D eigenvalue weighted by Crippen LogP contribution is 2.42. The van der Waals surface area contributed by atoms with Crippen LogP contribution in [-0.4, -0.2) is 25.9 Å². The van der Waals surface area contributed by atoms with E-state index in [4.69, 9.17) is 9.47 Å². The molecule has 96 valence electrons. The number of rotatable bonds is 5. The highest BCUT2D eigenvalue weighted by atomic mass is 79.9. The van der Waals surface area contributed by atoms with Crippen molar-refractivity contribution in [3.8, 4) is 11.5 Å². The summed E-state index contributed by atoms with van der Waals surface area (Å²) in [6.07, 6.45) is 0.895. The molecule has 3 nitrogen and oxygen atoms in total. The molecule has 0 radical (unpaired) electrons. The number of aliphatic hydroxyl groups excluding tert-OH is 1. The summed E-state index contributed by atoms with van der Waals surface area (Å²) in [5.74, 6) is 1.40. The molecule has 0 heterocycles. The van der Waals surface area contributed by atoms with Crippen molar-refractivity contribution in [2.24, 2.45) is 0 Å². The first-order valence-corrected chi connectivity index (χ1v) is 6.44. The molecule has 1 atom stereocenters. The summed E-state index contributed by atoms with van der Waals surface area (Å²) >= 11 is 3.59. The number of ether oxygens (including phenoxy) is 2. The number of aliphatic hydroxyl groups is 1. The van der Waals surface area contributed by atoms with E-state index >= 15 is 0 Å². The molecule has 0 saturated heterocycles. The average molecular weight is 303 g/mol. The van der Waals surface area contributed by atoms with Gasteiger partial charge in [-0.3, -0.25) is 0 Å². The molecule has 1 aromatic rings. The predicted molar refractivity (Wildman–Crippen MR) is 72.1 cm³/mol. The maximum Gasteiger partial charge on any atom is 0.165 e. The van der Waals surface area contributed by atoms with Crippen LogP contribution < -0.4 is 9.47 Å². The van der Waals surface area contributed by atoms with Gasteiger partial charge in [0, 0.05) is 22.6 Å². The number of hydrogen-bond acceptors (Lipinski definition) is 3. The van der Waals surface area contributed by atoms with Crippen LogP contribution in [0.3, 0.4) is 0 Å². The van der Waals surface area contributed by atoms with E-state index in [1.807, 2.05) is 13.0 Å². The summed E-state index contributed by atoms with van der Waals surface area (Å²) in [5.41, 5.74) is 2.11. The largest absolute Gasteiger partial charge is 0.493 e. The summed E-state index contributed by atoms with van der Waals surface area (Å²) in [6.45, 7) is 4.12. The Kier molecular flexibility index (Phi) is 5.28. The Hall–Kier alpha value is -0.740. The van der Waals surface area contributed by atoms with Gasteiger partial charge in [0.05, 0.1) is 14.2 Å². The van der Waals surface area contributed by atoms with Crippen LogP contribution in [-0.2, 0) is 6.42 Å². The monoisotopic (exact) mass is 302 g/mol. The van der Waals surface area contributed by atoms with Crippen molar-refractivity contribution < 1.29 is 14.6 Å². The Labute approximate surface area is 111 Å². The summed E-state index contributed by atoms with van der Waals surface area (Å²) in [7, 11) is 3.24. The molecule has 0 aromatic heterocycles. The molecule has 1 rings (SSSR count). The second kappa shape index (κ2) is 6.26. The Balaban J connectivity index is 3.49. The van der Waals surface area contributed by atoms with Crippen LogP contribution in [0.2, 0.25) is 0 Å². The molecule has 1 aromatic carbocycles. The first kappa shape index (κ1) is 14.3. The molecule has 1 N–H and O–H groups in total. The Morgan fingerprint density at radius 1 is 1.35 bits per heavy atom. The maximum atomic E-state index is 9.34. The van der Waals surface area contributed by atoms with Crippen LogP contribution in [0.25, 0.3) is 0 Å². The standard InChI is InChI=1S/C13H19BrO3/c1-5-9-6-10(16-3)13(17-4)11(12(9)14)8(2)7-15/h6,8,15H,5,7H2,1-4H3. The van der Waals surface area contributed by atoms with Crippen molar-refractivity contribution in [1.29, 1.82) is 0 Å². The van der Waals surface area contributed by atoms with Gasteiger partial charge in [-0.2, -0.15) is 0 Å². The molecule has 0 aliphatic heterocycles. The molecule has 4 heteroatoms. The Bertz CT molecular complexity index is 391. The SMILES string of the molecule is CCc1cc(OC)c(OC)c(C(C)CO)c1Br. The zero-order valence-electron chi connectivity index (χ0n) is 10.7. The minimum atomic E-state index is -0.000255. The van der Waals surface area contributed by atoms with Gasteiger partial charge in [-0.25, -0.2) is 0 Å². The van der Waals surface area contributed by atoms with E-state index < -0.39 is 0 Å². The second-order valence-corrected chi connectivity index (χ2v) is 4.73. The number of benzene rings is 1. The van der Waals surface area contributed by atoms with Crippen molar-refractivity contribution >= 4 is 15.9 Å². The first-order valence-electron chi connectivity index (χ1n) is 5.64. The van der Waals surface area contributed by atoms with Gasteiger partial charge in [0.1, 0.15) is 0 Å². The lowest BCUT2D eigenvalue weighted by molar-refractivity contribution is 0.267. The lowest BCUT2D eigenvalue weighted by Gasteiger charge is -2.20. The van der Waals surface area contributed by atoms with Crippen LogP contribution in [0.4, 0.5) is 0 Å². The van der Waals surface area contributed by atoms with E-state index in [2.05, 4.69) is 22.9 Å². The fourth-order valence-corrected chi connectivity index (χ4v) is 2.81. The minimum Gasteiger partial charge on any atom is -0.493 e. The highest BCUT2D eigenvalue weighted by molar-refractivity contribution is 9.10. The summed E-state index contributed by atoms with van der Waals surface area (Å²) in [5, 5.41) is 9.34. The third kappa shape index (κ3) is 2.75. The first-order chi connectivity index (χ1) is 8.10. The molecule has 0 spiro atoms. The molecular weight excluding hydrogens is 284 g/mol. The van der Waals surface area contributed by atoms with Crippen molar-refractivity contribution in [2.75, 3.05) is 20.8 Å². The number of methoxy groups -OCH3 is 2. The molecule has 0 aliphatic rings. The lowest BCUT2D eigenvalue weighted by Crippen LogP contribution is -2.06. The van der Waals surface area contributed by atoms with Crippen LogP contribution in [0.15, 0.2) is 10.5 Å². The molecule has 1 unspecified atom stereocenters. The van der Waals surface area contributed by atoms with Crippen LogP contribution >= 0.6 is 15.9 Å². The van der Waals surface area contributed by atoms with Crippen LogP contribution in [0, 0.1) is 0 Å². The van der Waals surface area contributed by atoms with E-state index in [1.54, 1.807) is 14.2 Å². The van der Waals surface area contributed by atoms with Crippen molar-refractivity contribution in [2.45, 2.75) is 26.2 Å². The molecule has 0 aliphatic carbocycles. The third-order valence-corrected chi connectivity index (χ3v) is 3.80. The number of hydrogen-bond donors (Lipinski definition) is 1. The van der Waals surface area contributed by atoms with Gasteiger partial charge in [0.2, 0.25) is 0 Å². The van der Waals surface area contributed by atoms with Gasteiger partial charge < -0.3 is 14.6 Å². The van der Waals surface area contributed by atoms with E-state index in [0.29, 0.717) is 11.5 Å². The summed E-state index contributed by atoms with van der Waals surface area (Å²) in [4.78, 5) is 0. The van der Waals surface area contributed by atoms with Gasteiger partial charge >= 0.3 is 0 Å². The molecule has 0 fully saturated rings. The van der Waals surface area contributed by atoms with Gasteiger partial charge in [-0.1, -0.05) is 29.8 Å². The minimum absolute atomic E-state index is 0.000255. The molecule has 17 heavy (non-hydrogen) atoms. The average Bonchev–Trinajstić information content (AvgIpc) is 2.36. The molecule has 0 saturated carbocycles. The van der Waals surface area contributed by atoms with E-state index in [9.17, 15) is 5.11 Å². The van der Waals surface area contributed by atoms with E-state index in [1.165, 1.54) is 0 Å². The second-order valence-electron chi connectivity index (χ2n) is 3.94. The number of halogens is 1. The van der Waals surface area contributed by atoms with Gasteiger partial charge in [0.25, 0.3) is 0 Å². The summed E-state index contributed by atoms with van der Waals surface area (Å²) in [6, 6.07) is 1.97. The van der Waals surface area contributed by atoms with Crippen LogP contribution in [0.1, 0.15) is 30.9 Å². The van der Waals surface area contributed by atoms with Gasteiger partial charge in [-0.15, -0.1) is 0 Å². The van der Waals surface area contributed by atoms with E-state index in [-0.39, 0.29) is 12.5 Å². The van der Waals surface area contributed by atoms with E-state index in [0.717, 1.165) is 22.0 Å². The van der Waals surface area contributed by atoms with Gasteiger partial charge in [-0.05, 0) is 18.1 Å². The third-order valence-electron chi connectivity index (χ3n) is 2.86. The van der Waals surface area contributed by atoms with Crippen LogP contribution in [0.5, 0.6) is 11.5 Å². The fraction of sp³-hybridized carbons (Fsp3) is 0.538. The van der Waals surface area contributed by atoms with Gasteiger partial charge in [0.15, 0.2) is 11.5 Å². The molecular formula is C13H19BrO3. The maximum absolute atomic E-state index is 9.34. The topological polar surface area (TPSA) is 38.7 Å². The van der Waals surface area contributed by atoms with Crippen molar-refractivity contribution in [1.82, 2.24) is 0 Å². The predicted octanol–water partition coefficient (Wildman–Crippen LogP) is 3.12. The summed E-state index contributed by atoms with van der Waals surface area (Å²) < 4.78 is 11.7. The highest BCUT2D eigenvalue weighted by Gasteiger charge is 2.21. The lowest BCUT2D eigenvalue weighted by atomic mass is 9.97. The normalized spacial score (nSPS) is 12.4. The quantitative estimate of drug-likeness (QED) is 0.908. The number of aryl methyl sites for hydroxylation is 1. The molecule has 0 amide bonds. The fourth-order valence-electron chi connectivity index (χ4n) is 1.84. The van der Waals surface area contributed by atoms with Crippen molar-refractivity contribution in [3.63, 3.8) is 0 Å². The zero-order chi connectivity index (χ0) is 13.0. The zero-order valence-corrected chi connectivity index (χ0v) is 12.3. The smallest absolute Gasteiger partial charge is 0.165 e. The molecule has 0 bridgehead atoms. The van der Waals surface area contributed by atoms with Crippen molar-refractivity contribution in [3.05, 3.63) is 21.7 Å².